The van der Waals surface area contributed by atoms with Gasteiger partial charge in [-0.3, -0.25) is 0 Å². The number of aliphatic hydroxyl groups excluding tert-OH is 1. The molecule has 1 atom stereocenters. The van der Waals surface area contributed by atoms with Crippen molar-refractivity contribution in [1.29, 1.82) is 0 Å². The summed E-state index contributed by atoms with van der Waals surface area (Å²) in [6.07, 6.45) is 0.492. The van der Waals surface area contributed by atoms with Crippen LogP contribution in [0.4, 0.5) is 17.4 Å². The van der Waals surface area contributed by atoms with E-state index in [0.717, 1.165) is 37.3 Å². The minimum absolute atomic E-state index is 0.281. The number of fused-ring (bicyclic) bond motifs is 1. The molecular weight excluding hydrogens is 284 g/mol. The van der Waals surface area contributed by atoms with Crippen molar-refractivity contribution >= 4 is 28.5 Å². The summed E-state index contributed by atoms with van der Waals surface area (Å²) in [5.74, 6) is 0. The van der Waals surface area contributed by atoms with Crippen LogP contribution in [0.3, 0.4) is 0 Å². The van der Waals surface area contributed by atoms with Crippen LogP contribution >= 0.6 is 0 Å². The van der Waals surface area contributed by atoms with Crippen molar-refractivity contribution in [3.05, 3.63) is 12.1 Å². The lowest BCUT2D eigenvalue weighted by molar-refractivity contribution is 0.120. The van der Waals surface area contributed by atoms with Crippen molar-refractivity contribution in [2.45, 2.75) is 12.5 Å². The molecule has 0 saturated carbocycles. The quantitative estimate of drug-likeness (QED) is 0.794. The second kappa shape index (κ2) is 5.33. The highest BCUT2D eigenvalue weighted by Crippen LogP contribution is 2.33. The molecular formula is C15H20N4O3. The molecule has 0 radical (unpaired) electrons. The van der Waals surface area contributed by atoms with E-state index >= 15 is 0 Å². The van der Waals surface area contributed by atoms with Gasteiger partial charge in [0.05, 0.1) is 30.7 Å². The number of hydrogen-bond acceptors (Lipinski definition) is 7. The van der Waals surface area contributed by atoms with E-state index in [-0.39, 0.29) is 6.10 Å². The summed E-state index contributed by atoms with van der Waals surface area (Å²) in [7, 11) is 0. The van der Waals surface area contributed by atoms with Gasteiger partial charge in [0.1, 0.15) is 5.52 Å². The first-order chi connectivity index (χ1) is 10.7. The topological polar surface area (TPSA) is 88.0 Å². The fourth-order valence-electron chi connectivity index (χ4n) is 3.09. The number of nitrogen functional groups attached to an aromatic ring is 1. The van der Waals surface area contributed by atoms with E-state index in [2.05, 4.69) is 14.8 Å². The molecule has 0 aliphatic carbocycles. The fraction of sp³-hybridized carbons (Fsp3) is 0.533. The number of benzene rings is 1. The van der Waals surface area contributed by atoms with Gasteiger partial charge in [0.15, 0.2) is 5.58 Å². The van der Waals surface area contributed by atoms with Gasteiger partial charge in [-0.1, -0.05) is 0 Å². The van der Waals surface area contributed by atoms with E-state index in [1.807, 2.05) is 12.1 Å². The van der Waals surface area contributed by atoms with Crippen molar-refractivity contribution in [2.24, 2.45) is 0 Å². The molecule has 7 nitrogen and oxygen atoms in total. The molecule has 1 aromatic carbocycles. The van der Waals surface area contributed by atoms with Crippen LogP contribution in [0.2, 0.25) is 0 Å². The van der Waals surface area contributed by atoms with Gasteiger partial charge in [-0.25, -0.2) is 0 Å². The number of hydrogen-bond donors (Lipinski definition) is 2. The van der Waals surface area contributed by atoms with E-state index in [4.69, 9.17) is 14.9 Å². The Morgan fingerprint density at radius 2 is 2.00 bits per heavy atom. The standard InChI is InChI=1S/C15H20N4O3/c16-11-7-14-12(8-13(11)19-2-1-10(20)9-19)17-15(22-14)18-3-5-21-6-4-18/h7-8,10,20H,1-6,9,16H2. The lowest BCUT2D eigenvalue weighted by Gasteiger charge is -2.24. The van der Waals surface area contributed by atoms with Gasteiger partial charge in [-0.2, -0.15) is 4.98 Å². The van der Waals surface area contributed by atoms with Gasteiger partial charge in [-0.05, 0) is 12.5 Å². The van der Waals surface area contributed by atoms with Crippen LogP contribution in [0.15, 0.2) is 16.5 Å². The van der Waals surface area contributed by atoms with Gasteiger partial charge in [-0.15, -0.1) is 0 Å². The summed E-state index contributed by atoms with van der Waals surface area (Å²) in [6.45, 7) is 4.38. The van der Waals surface area contributed by atoms with Crippen molar-refractivity contribution in [2.75, 3.05) is 54.9 Å². The van der Waals surface area contributed by atoms with Crippen LogP contribution in [0, 0.1) is 0 Å². The SMILES string of the molecule is Nc1cc2oc(N3CCOCC3)nc2cc1N1CCC(O)C1. The normalized spacial score (nSPS) is 22.7. The number of nitrogens with two attached hydrogens (primary N) is 1. The molecule has 2 aliphatic rings. The zero-order valence-electron chi connectivity index (χ0n) is 12.4. The number of morpholine rings is 1. The van der Waals surface area contributed by atoms with Crippen LogP contribution in [0.5, 0.6) is 0 Å². The molecule has 0 amide bonds. The fourth-order valence-corrected chi connectivity index (χ4v) is 3.09. The van der Waals surface area contributed by atoms with E-state index < -0.39 is 0 Å². The Kier molecular flexibility index (Phi) is 3.31. The van der Waals surface area contributed by atoms with E-state index in [0.29, 0.717) is 37.0 Å². The number of ether oxygens (including phenoxy) is 1. The van der Waals surface area contributed by atoms with E-state index in [1.54, 1.807) is 0 Å². The molecule has 4 rings (SSSR count). The van der Waals surface area contributed by atoms with Gasteiger partial charge in [0.2, 0.25) is 0 Å². The number of oxazole rings is 1. The average molecular weight is 304 g/mol. The predicted molar refractivity (Wildman–Crippen MR) is 84.3 cm³/mol. The number of nitrogens with zero attached hydrogens (tertiary/aromatic N) is 3. The molecule has 1 unspecified atom stereocenters. The molecule has 7 heteroatoms. The third-order valence-corrected chi connectivity index (χ3v) is 4.31. The molecule has 22 heavy (non-hydrogen) atoms. The second-order valence-corrected chi connectivity index (χ2v) is 5.86. The zero-order valence-corrected chi connectivity index (χ0v) is 12.4. The Morgan fingerprint density at radius 1 is 1.18 bits per heavy atom. The summed E-state index contributed by atoms with van der Waals surface area (Å²) in [4.78, 5) is 8.77. The summed E-state index contributed by atoms with van der Waals surface area (Å²) in [5.41, 5.74) is 9.23. The minimum Gasteiger partial charge on any atom is -0.423 e. The van der Waals surface area contributed by atoms with Gasteiger partial charge in [0.25, 0.3) is 6.01 Å². The lowest BCUT2D eigenvalue weighted by atomic mass is 10.2. The highest BCUT2D eigenvalue weighted by atomic mass is 16.5. The first-order valence-corrected chi connectivity index (χ1v) is 7.66. The molecule has 2 aromatic rings. The third kappa shape index (κ3) is 2.36. The average Bonchev–Trinajstić information content (AvgIpc) is 3.13. The molecule has 0 bridgehead atoms. The Bertz CT molecular complexity index is 681. The Labute approximate surface area is 128 Å². The number of β-amino-alcohol motifs (C(OH)–C–C–N with tert-alkyl or cyclic N) is 1. The Hall–Kier alpha value is -1.99. The Balaban J connectivity index is 1.67. The molecule has 1 aromatic heterocycles. The zero-order chi connectivity index (χ0) is 15.1. The van der Waals surface area contributed by atoms with Gasteiger partial charge in [0, 0.05) is 32.2 Å². The van der Waals surface area contributed by atoms with Crippen LogP contribution in [0.1, 0.15) is 6.42 Å². The largest absolute Gasteiger partial charge is 0.423 e. The van der Waals surface area contributed by atoms with Crippen molar-refractivity contribution < 1.29 is 14.3 Å². The van der Waals surface area contributed by atoms with Crippen LogP contribution in [0.25, 0.3) is 11.1 Å². The van der Waals surface area contributed by atoms with Crippen molar-refractivity contribution in [1.82, 2.24) is 4.98 Å². The maximum absolute atomic E-state index is 9.70. The summed E-state index contributed by atoms with van der Waals surface area (Å²) in [6, 6.07) is 4.40. The van der Waals surface area contributed by atoms with Crippen molar-refractivity contribution in [3.63, 3.8) is 0 Å². The number of rotatable bonds is 2. The first-order valence-electron chi connectivity index (χ1n) is 7.66. The number of anilines is 3. The smallest absolute Gasteiger partial charge is 0.298 e. The van der Waals surface area contributed by atoms with Crippen LogP contribution < -0.4 is 15.5 Å². The van der Waals surface area contributed by atoms with Crippen LogP contribution in [-0.2, 0) is 4.74 Å². The second-order valence-electron chi connectivity index (χ2n) is 5.86. The Morgan fingerprint density at radius 3 is 2.73 bits per heavy atom. The highest BCUT2D eigenvalue weighted by Gasteiger charge is 2.24. The maximum Gasteiger partial charge on any atom is 0.298 e. The van der Waals surface area contributed by atoms with E-state index in [9.17, 15) is 5.11 Å². The molecule has 3 heterocycles. The first kappa shape index (κ1) is 13.7. The summed E-state index contributed by atoms with van der Waals surface area (Å²) >= 11 is 0. The summed E-state index contributed by atoms with van der Waals surface area (Å²) < 4.78 is 11.2. The highest BCUT2D eigenvalue weighted by molar-refractivity contribution is 5.87. The molecule has 118 valence electrons. The summed E-state index contributed by atoms with van der Waals surface area (Å²) in [5, 5.41) is 9.70. The molecule has 0 spiro atoms. The van der Waals surface area contributed by atoms with Crippen molar-refractivity contribution in [3.8, 4) is 0 Å². The minimum atomic E-state index is -0.281. The molecule has 2 aliphatic heterocycles. The van der Waals surface area contributed by atoms with E-state index in [1.165, 1.54) is 0 Å². The van der Waals surface area contributed by atoms with Gasteiger partial charge < -0.3 is 29.8 Å². The maximum atomic E-state index is 9.70. The van der Waals surface area contributed by atoms with Gasteiger partial charge >= 0.3 is 0 Å². The lowest BCUT2D eigenvalue weighted by Crippen LogP contribution is -2.36. The molecule has 3 N–H and O–H groups in total. The molecule has 2 fully saturated rings. The monoisotopic (exact) mass is 304 g/mol. The number of aromatic nitrogens is 1. The molecule has 2 saturated heterocycles. The predicted octanol–water partition coefficient (Wildman–Crippen LogP) is 0.818. The van der Waals surface area contributed by atoms with Crippen LogP contribution in [-0.4, -0.2) is 55.6 Å². The number of aliphatic hydroxyl groups is 1. The third-order valence-electron chi connectivity index (χ3n) is 4.31.